The molecule has 1 aromatic carbocycles. The molecule has 0 fully saturated rings. The zero-order valence-corrected chi connectivity index (χ0v) is 12.5. The fourth-order valence-corrected chi connectivity index (χ4v) is 2.14. The Morgan fingerprint density at radius 2 is 2.00 bits per heavy atom. The summed E-state index contributed by atoms with van der Waals surface area (Å²) in [6.07, 6.45) is 0.989. The van der Waals surface area contributed by atoms with E-state index in [1.165, 1.54) is 0 Å². The van der Waals surface area contributed by atoms with Crippen molar-refractivity contribution in [3.05, 3.63) is 29.8 Å². The van der Waals surface area contributed by atoms with E-state index in [1.54, 1.807) is 0 Å². The molecule has 0 aliphatic carbocycles. The molecule has 0 atom stereocenters. The average molecular weight is 274 g/mol. The Kier molecular flexibility index (Phi) is 4.32. The number of aromatic nitrogens is 1. The highest BCUT2D eigenvalue weighted by Gasteiger charge is 2.17. The number of nitrogens with zero attached hydrogens (tertiary/aromatic N) is 1. The first-order chi connectivity index (χ1) is 9.47. The minimum absolute atomic E-state index is 0.141. The highest BCUT2D eigenvalue weighted by Crippen LogP contribution is 2.31. The van der Waals surface area contributed by atoms with Gasteiger partial charge in [-0.2, -0.15) is 0 Å². The van der Waals surface area contributed by atoms with Crippen molar-refractivity contribution in [2.24, 2.45) is 5.92 Å². The fourth-order valence-electron chi connectivity index (χ4n) is 2.14. The molecule has 20 heavy (non-hydrogen) atoms. The molecule has 0 radical (unpaired) electrons. The third kappa shape index (κ3) is 3.32. The summed E-state index contributed by atoms with van der Waals surface area (Å²) in [4.78, 5) is 0. The topological polar surface area (TPSA) is 61.3 Å². The normalized spacial score (nSPS) is 11.3. The minimum atomic E-state index is 0.141. The Morgan fingerprint density at radius 3 is 2.65 bits per heavy atom. The quantitative estimate of drug-likeness (QED) is 0.898. The lowest BCUT2D eigenvalue weighted by Gasteiger charge is -2.11. The van der Waals surface area contributed by atoms with Crippen LogP contribution in [0, 0.1) is 5.92 Å². The molecule has 0 amide bonds. The number of benzene rings is 1. The van der Waals surface area contributed by atoms with Crippen LogP contribution in [0.2, 0.25) is 0 Å². The van der Waals surface area contributed by atoms with E-state index in [1.807, 2.05) is 38.1 Å². The van der Waals surface area contributed by atoms with Gasteiger partial charge >= 0.3 is 0 Å². The predicted octanol–water partition coefficient (Wildman–Crippen LogP) is 3.91. The van der Waals surface area contributed by atoms with Gasteiger partial charge in [0.25, 0.3) is 0 Å². The molecule has 0 unspecified atom stereocenters. The lowest BCUT2D eigenvalue weighted by Crippen LogP contribution is -2.05. The first kappa shape index (κ1) is 14.4. The molecule has 2 N–H and O–H groups in total. The van der Waals surface area contributed by atoms with Crippen LogP contribution < -0.4 is 10.5 Å². The van der Waals surface area contributed by atoms with E-state index in [2.05, 4.69) is 19.0 Å². The highest BCUT2D eigenvalue weighted by atomic mass is 16.5. The highest BCUT2D eigenvalue weighted by molar-refractivity contribution is 5.68. The van der Waals surface area contributed by atoms with Crippen LogP contribution in [0.1, 0.15) is 33.3 Å². The molecule has 0 aliphatic heterocycles. The Labute approximate surface area is 119 Å². The van der Waals surface area contributed by atoms with E-state index in [-0.39, 0.29) is 6.10 Å². The van der Waals surface area contributed by atoms with E-state index in [9.17, 15) is 0 Å². The summed E-state index contributed by atoms with van der Waals surface area (Å²) in [6, 6.07) is 7.86. The molecular weight excluding hydrogens is 252 g/mol. The summed E-state index contributed by atoms with van der Waals surface area (Å²) in [7, 11) is 0. The molecule has 1 aromatic heterocycles. The maximum atomic E-state index is 5.89. The van der Waals surface area contributed by atoms with Gasteiger partial charge in [0.05, 0.1) is 6.10 Å². The number of ether oxygens (including phenoxy) is 1. The molecular formula is C16H22N2O2. The van der Waals surface area contributed by atoms with Crippen molar-refractivity contribution >= 4 is 5.88 Å². The Morgan fingerprint density at radius 1 is 1.25 bits per heavy atom. The summed E-state index contributed by atoms with van der Waals surface area (Å²) in [5, 5.41) is 4.10. The van der Waals surface area contributed by atoms with Crippen LogP contribution in [0.4, 0.5) is 5.88 Å². The summed E-state index contributed by atoms with van der Waals surface area (Å²) in [5.41, 5.74) is 8.64. The van der Waals surface area contributed by atoms with Crippen LogP contribution in [0.5, 0.6) is 5.75 Å². The van der Waals surface area contributed by atoms with E-state index >= 15 is 0 Å². The largest absolute Gasteiger partial charge is 0.491 e. The molecule has 4 nitrogen and oxygen atoms in total. The van der Waals surface area contributed by atoms with Gasteiger partial charge in [0.2, 0.25) is 5.88 Å². The molecule has 0 saturated carbocycles. The van der Waals surface area contributed by atoms with Gasteiger partial charge in [0.1, 0.15) is 11.4 Å². The van der Waals surface area contributed by atoms with Gasteiger partial charge in [-0.15, -0.1) is 0 Å². The summed E-state index contributed by atoms with van der Waals surface area (Å²) in [6.45, 7) is 8.30. The standard InChI is InChI=1S/C16H22N2O2/c1-10(2)8-14-15(18-20-16(14)17)12-6-5-7-13(9-12)19-11(3)4/h5-7,9-11H,8,17H2,1-4H3. The lowest BCUT2D eigenvalue weighted by atomic mass is 9.99. The Hall–Kier alpha value is -1.97. The predicted molar refractivity (Wildman–Crippen MR) is 80.7 cm³/mol. The molecule has 2 rings (SSSR count). The van der Waals surface area contributed by atoms with Gasteiger partial charge < -0.3 is 15.0 Å². The van der Waals surface area contributed by atoms with Crippen molar-refractivity contribution in [2.45, 2.75) is 40.2 Å². The van der Waals surface area contributed by atoms with Crippen LogP contribution in [0.3, 0.4) is 0 Å². The molecule has 1 heterocycles. The van der Waals surface area contributed by atoms with Crippen LogP contribution in [0.25, 0.3) is 11.3 Å². The zero-order valence-electron chi connectivity index (χ0n) is 12.5. The van der Waals surface area contributed by atoms with Crippen molar-refractivity contribution in [2.75, 3.05) is 5.73 Å². The monoisotopic (exact) mass is 274 g/mol. The average Bonchev–Trinajstić information content (AvgIpc) is 2.70. The third-order valence-corrected chi connectivity index (χ3v) is 2.91. The molecule has 108 valence electrons. The van der Waals surface area contributed by atoms with Gasteiger partial charge in [-0.05, 0) is 38.3 Å². The van der Waals surface area contributed by atoms with Gasteiger partial charge in [0.15, 0.2) is 0 Å². The summed E-state index contributed by atoms with van der Waals surface area (Å²) in [5.74, 6) is 1.73. The molecule has 0 aliphatic rings. The number of nitrogen functional groups attached to an aromatic ring is 1. The maximum Gasteiger partial charge on any atom is 0.225 e. The van der Waals surface area contributed by atoms with Crippen LogP contribution >= 0.6 is 0 Å². The first-order valence-electron chi connectivity index (χ1n) is 6.98. The second-order valence-electron chi connectivity index (χ2n) is 5.67. The lowest BCUT2D eigenvalue weighted by molar-refractivity contribution is 0.242. The van der Waals surface area contributed by atoms with Crippen LogP contribution in [-0.2, 0) is 6.42 Å². The minimum Gasteiger partial charge on any atom is -0.491 e. The van der Waals surface area contributed by atoms with E-state index in [0.29, 0.717) is 11.8 Å². The van der Waals surface area contributed by atoms with Crippen molar-refractivity contribution in [1.82, 2.24) is 5.16 Å². The molecule has 0 saturated heterocycles. The fraction of sp³-hybridized carbons (Fsp3) is 0.438. The molecule has 0 bridgehead atoms. The SMILES string of the molecule is CC(C)Cc1c(-c2cccc(OC(C)C)c2)noc1N. The number of hydrogen-bond acceptors (Lipinski definition) is 4. The first-order valence-corrected chi connectivity index (χ1v) is 6.98. The van der Waals surface area contributed by atoms with Gasteiger partial charge in [-0.1, -0.05) is 31.1 Å². The summed E-state index contributed by atoms with van der Waals surface area (Å²) >= 11 is 0. The zero-order chi connectivity index (χ0) is 14.7. The number of hydrogen-bond donors (Lipinski definition) is 1. The van der Waals surface area contributed by atoms with Gasteiger partial charge in [0, 0.05) is 11.1 Å². The van der Waals surface area contributed by atoms with Crippen molar-refractivity contribution in [1.29, 1.82) is 0 Å². The summed E-state index contributed by atoms with van der Waals surface area (Å²) < 4.78 is 10.9. The van der Waals surface area contributed by atoms with E-state index in [4.69, 9.17) is 15.0 Å². The van der Waals surface area contributed by atoms with Gasteiger partial charge in [-0.25, -0.2) is 0 Å². The van der Waals surface area contributed by atoms with E-state index < -0.39 is 0 Å². The second kappa shape index (κ2) is 5.99. The van der Waals surface area contributed by atoms with Crippen molar-refractivity contribution < 1.29 is 9.26 Å². The number of nitrogens with two attached hydrogens (primary N) is 1. The van der Waals surface area contributed by atoms with Crippen molar-refractivity contribution in [3.8, 4) is 17.0 Å². The second-order valence-corrected chi connectivity index (χ2v) is 5.67. The Bertz CT molecular complexity index is 574. The molecule has 2 aromatic rings. The van der Waals surface area contributed by atoms with Crippen LogP contribution in [-0.4, -0.2) is 11.3 Å². The maximum absolute atomic E-state index is 5.89. The van der Waals surface area contributed by atoms with Crippen LogP contribution in [0.15, 0.2) is 28.8 Å². The number of rotatable bonds is 5. The van der Waals surface area contributed by atoms with Gasteiger partial charge in [-0.3, -0.25) is 0 Å². The third-order valence-electron chi connectivity index (χ3n) is 2.91. The number of anilines is 1. The smallest absolute Gasteiger partial charge is 0.225 e. The molecule has 0 spiro atoms. The Balaban J connectivity index is 2.36. The van der Waals surface area contributed by atoms with Crippen molar-refractivity contribution in [3.63, 3.8) is 0 Å². The molecule has 4 heteroatoms. The van der Waals surface area contributed by atoms with E-state index in [0.717, 1.165) is 29.0 Å².